The van der Waals surface area contributed by atoms with Crippen LogP contribution in [-0.2, 0) is 9.59 Å². The van der Waals surface area contributed by atoms with E-state index in [2.05, 4.69) is 10.3 Å². The van der Waals surface area contributed by atoms with Crippen molar-refractivity contribution >= 4 is 17.8 Å². The molecule has 3 N–H and O–H groups in total. The molecule has 1 aromatic heterocycles. The standard InChI is InChI=1S/C17H26N4O4/c1-4-20(5-2)17(25)14-8-12(9-21(14)10-15(22)23)19-16(24)13-6-7-18-11(13)3/h6-7,12,14,18H,4-5,8-10H2,1-3H3,(H,19,24)(H,22,23)/t12-,14+/m1/s1. The molecule has 0 radical (unpaired) electrons. The van der Waals surface area contributed by atoms with Gasteiger partial charge in [-0.25, -0.2) is 0 Å². The van der Waals surface area contributed by atoms with E-state index in [1.54, 1.807) is 22.1 Å². The van der Waals surface area contributed by atoms with E-state index in [0.29, 0.717) is 31.6 Å². The second kappa shape index (κ2) is 8.15. The van der Waals surface area contributed by atoms with Crippen molar-refractivity contribution in [2.24, 2.45) is 0 Å². The molecule has 2 heterocycles. The van der Waals surface area contributed by atoms with Crippen LogP contribution in [0.15, 0.2) is 12.3 Å². The van der Waals surface area contributed by atoms with Crippen molar-refractivity contribution in [1.82, 2.24) is 20.1 Å². The number of H-pyrrole nitrogens is 1. The first-order chi connectivity index (χ1) is 11.9. The molecule has 138 valence electrons. The zero-order valence-corrected chi connectivity index (χ0v) is 14.9. The topological polar surface area (TPSA) is 106 Å². The van der Waals surface area contributed by atoms with Crippen molar-refractivity contribution in [2.45, 2.75) is 39.3 Å². The van der Waals surface area contributed by atoms with E-state index in [1.165, 1.54) is 0 Å². The van der Waals surface area contributed by atoms with E-state index in [1.807, 2.05) is 20.8 Å². The second-order valence-corrected chi connectivity index (χ2v) is 6.27. The van der Waals surface area contributed by atoms with E-state index >= 15 is 0 Å². The fourth-order valence-corrected chi connectivity index (χ4v) is 3.32. The van der Waals surface area contributed by atoms with Gasteiger partial charge >= 0.3 is 5.97 Å². The lowest BCUT2D eigenvalue weighted by molar-refractivity contribution is -0.141. The zero-order valence-electron chi connectivity index (χ0n) is 14.9. The van der Waals surface area contributed by atoms with Crippen molar-refractivity contribution in [3.8, 4) is 0 Å². The van der Waals surface area contributed by atoms with Crippen molar-refractivity contribution in [1.29, 1.82) is 0 Å². The maximum Gasteiger partial charge on any atom is 0.317 e. The lowest BCUT2D eigenvalue weighted by Crippen LogP contribution is -2.47. The summed E-state index contributed by atoms with van der Waals surface area (Å²) in [4.78, 5) is 42.5. The van der Waals surface area contributed by atoms with Crippen LogP contribution in [0, 0.1) is 6.92 Å². The van der Waals surface area contributed by atoms with E-state index < -0.39 is 12.0 Å². The first-order valence-corrected chi connectivity index (χ1v) is 8.56. The van der Waals surface area contributed by atoms with Gasteiger partial charge in [-0.05, 0) is 33.3 Å². The maximum atomic E-state index is 12.7. The molecule has 0 spiro atoms. The first kappa shape index (κ1) is 19.0. The fourth-order valence-electron chi connectivity index (χ4n) is 3.32. The lowest BCUT2D eigenvalue weighted by Gasteiger charge is -2.27. The van der Waals surface area contributed by atoms with Crippen LogP contribution in [-0.4, -0.2) is 75.9 Å². The van der Waals surface area contributed by atoms with Crippen LogP contribution in [0.2, 0.25) is 0 Å². The molecule has 1 fully saturated rings. The molecule has 25 heavy (non-hydrogen) atoms. The summed E-state index contributed by atoms with van der Waals surface area (Å²) in [5, 5.41) is 12.0. The van der Waals surface area contributed by atoms with E-state index in [-0.39, 0.29) is 24.4 Å². The lowest BCUT2D eigenvalue weighted by atomic mass is 10.1. The molecule has 2 rings (SSSR count). The van der Waals surface area contributed by atoms with Crippen molar-refractivity contribution in [3.05, 3.63) is 23.5 Å². The molecule has 0 aromatic carbocycles. The van der Waals surface area contributed by atoms with Gasteiger partial charge in [0.1, 0.15) is 0 Å². The summed E-state index contributed by atoms with van der Waals surface area (Å²) < 4.78 is 0. The summed E-state index contributed by atoms with van der Waals surface area (Å²) in [6, 6.07) is 0.923. The Bertz CT molecular complexity index is 638. The minimum atomic E-state index is -0.981. The number of carbonyl (C=O) groups excluding carboxylic acids is 2. The van der Waals surface area contributed by atoms with Crippen molar-refractivity contribution < 1.29 is 19.5 Å². The highest BCUT2D eigenvalue weighted by atomic mass is 16.4. The number of aromatic nitrogens is 1. The molecule has 1 aromatic rings. The fraction of sp³-hybridized carbons (Fsp3) is 0.588. The number of aromatic amines is 1. The number of amides is 2. The minimum Gasteiger partial charge on any atom is -0.480 e. The molecular formula is C17H26N4O4. The summed E-state index contributed by atoms with van der Waals surface area (Å²) in [5.74, 6) is -1.28. The number of carboxylic acids is 1. The number of carbonyl (C=O) groups is 3. The number of aliphatic carboxylic acids is 1. The SMILES string of the molecule is CCN(CC)C(=O)[C@@H]1C[C@@H](NC(=O)c2cc[nH]c2C)CN1CC(=O)O. The predicted octanol–water partition coefficient (Wildman–Crippen LogP) is 0.449. The Labute approximate surface area is 147 Å². The summed E-state index contributed by atoms with van der Waals surface area (Å²) in [5.41, 5.74) is 1.33. The first-order valence-electron chi connectivity index (χ1n) is 8.56. The summed E-state index contributed by atoms with van der Waals surface area (Å²) >= 11 is 0. The van der Waals surface area contributed by atoms with Crippen LogP contribution in [0.1, 0.15) is 36.3 Å². The number of hydrogen-bond acceptors (Lipinski definition) is 4. The van der Waals surface area contributed by atoms with Crippen LogP contribution in [0.25, 0.3) is 0 Å². The third-order valence-corrected chi connectivity index (χ3v) is 4.64. The Morgan fingerprint density at radius 2 is 2.04 bits per heavy atom. The Morgan fingerprint density at radius 3 is 2.56 bits per heavy atom. The van der Waals surface area contributed by atoms with Gasteiger partial charge in [-0.3, -0.25) is 19.3 Å². The normalized spacial score (nSPS) is 20.4. The van der Waals surface area contributed by atoms with E-state index in [0.717, 1.165) is 5.69 Å². The molecule has 0 aliphatic carbocycles. The number of hydrogen-bond donors (Lipinski definition) is 3. The van der Waals surface area contributed by atoms with Gasteiger partial charge in [0.05, 0.1) is 18.2 Å². The van der Waals surface area contributed by atoms with Crippen LogP contribution in [0.5, 0.6) is 0 Å². The molecule has 1 aliphatic rings. The monoisotopic (exact) mass is 350 g/mol. The van der Waals surface area contributed by atoms with Crippen molar-refractivity contribution in [3.63, 3.8) is 0 Å². The molecule has 2 atom stereocenters. The highest BCUT2D eigenvalue weighted by molar-refractivity contribution is 5.95. The number of nitrogens with zero attached hydrogens (tertiary/aromatic N) is 2. The molecule has 8 nitrogen and oxygen atoms in total. The molecule has 1 saturated heterocycles. The van der Waals surface area contributed by atoms with Gasteiger partial charge in [0, 0.05) is 37.6 Å². The van der Waals surface area contributed by atoms with Crippen molar-refractivity contribution in [2.75, 3.05) is 26.2 Å². The van der Waals surface area contributed by atoms with Gasteiger partial charge in [-0.2, -0.15) is 0 Å². The third-order valence-electron chi connectivity index (χ3n) is 4.64. The quantitative estimate of drug-likeness (QED) is 0.662. The largest absolute Gasteiger partial charge is 0.480 e. The van der Waals surface area contributed by atoms with E-state index in [4.69, 9.17) is 5.11 Å². The molecule has 0 unspecified atom stereocenters. The van der Waals surface area contributed by atoms with E-state index in [9.17, 15) is 14.4 Å². The zero-order chi connectivity index (χ0) is 18.6. The number of nitrogens with one attached hydrogen (secondary N) is 2. The Kier molecular flexibility index (Phi) is 6.19. The molecule has 0 bridgehead atoms. The minimum absolute atomic E-state index is 0.0826. The number of rotatable bonds is 7. The summed E-state index contributed by atoms with van der Waals surface area (Å²) in [6.07, 6.45) is 2.11. The molecular weight excluding hydrogens is 324 g/mol. The Hall–Kier alpha value is -2.35. The summed E-state index contributed by atoms with van der Waals surface area (Å²) in [6.45, 7) is 6.88. The Balaban J connectivity index is 2.09. The molecule has 1 aliphatic heterocycles. The van der Waals surface area contributed by atoms with Gasteiger partial charge in [-0.15, -0.1) is 0 Å². The number of aryl methyl sites for hydroxylation is 1. The smallest absolute Gasteiger partial charge is 0.317 e. The van der Waals surface area contributed by atoms with Gasteiger partial charge in [0.25, 0.3) is 5.91 Å². The van der Waals surface area contributed by atoms with Crippen LogP contribution < -0.4 is 5.32 Å². The number of likely N-dealkylation sites (N-methyl/N-ethyl adjacent to an activating group) is 1. The average Bonchev–Trinajstić information content (AvgIpc) is 3.14. The van der Waals surface area contributed by atoms with Gasteiger partial charge in [-0.1, -0.05) is 0 Å². The van der Waals surface area contributed by atoms with Gasteiger partial charge < -0.3 is 20.3 Å². The highest BCUT2D eigenvalue weighted by Gasteiger charge is 2.39. The molecule has 2 amide bonds. The van der Waals surface area contributed by atoms with Crippen LogP contribution in [0.3, 0.4) is 0 Å². The number of carboxylic acid groups (broad SMARTS) is 1. The molecule has 0 saturated carbocycles. The second-order valence-electron chi connectivity index (χ2n) is 6.27. The van der Waals surface area contributed by atoms with Crippen LogP contribution in [0.4, 0.5) is 0 Å². The van der Waals surface area contributed by atoms with Crippen LogP contribution >= 0.6 is 0 Å². The van der Waals surface area contributed by atoms with Gasteiger partial charge in [0.15, 0.2) is 0 Å². The summed E-state index contributed by atoms with van der Waals surface area (Å²) in [7, 11) is 0. The predicted molar refractivity (Wildman–Crippen MR) is 92.3 cm³/mol. The highest BCUT2D eigenvalue weighted by Crippen LogP contribution is 2.20. The molecule has 8 heteroatoms. The third kappa shape index (κ3) is 4.39. The maximum absolute atomic E-state index is 12.7. The number of likely N-dealkylation sites (tertiary alicyclic amines) is 1. The van der Waals surface area contributed by atoms with Gasteiger partial charge in [0.2, 0.25) is 5.91 Å². The average molecular weight is 350 g/mol. The Morgan fingerprint density at radius 1 is 1.36 bits per heavy atom.